The van der Waals surface area contributed by atoms with Crippen LogP contribution in [0.1, 0.15) is 0 Å². The van der Waals surface area contributed by atoms with Crippen molar-refractivity contribution in [3.63, 3.8) is 0 Å². The lowest BCUT2D eigenvalue weighted by Gasteiger charge is -1.89. The second-order valence-electron chi connectivity index (χ2n) is 2.52. The first-order chi connectivity index (χ1) is 6.18. The van der Waals surface area contributed by atoms with Gasteiger partial charge in [0.15, 0.2) is 5.82 Å². The number of rotatable bonds is 1. The number of nitrogens with zero attached hydrogens (tertiary/aromatic N) is 2. The summed E-state index contributed by atoms with van der Waals surface area (Å²) in [6.07, 6.45) is 1.50. The SMILES string of the molecule is Cn1[nH]c(-c2ccoc2Cl)nc1=S. The monoisotopic (exact) mass is 215 g/mol. The van der Waals surface area contributed by atoms with Gasteiger partial charge in [0.2, 0.25) is 9.99 Å². The summed E-state index contributed by atoms with van der Waals surface area (Å²) in [4.78, 5) is 4.09. The smallest absolute Gasteiger partial charge is 0.216 e. The van der Waals surface area contributed by atoms with E-state index in [4.69, 9.17) is 28.2 Å². The average Bonchev–Trinajstić information content (AvgIpc) is 2.60. The van der Waals surface area contributed by atoms with E-state index < -0.39 is 0 Å². The second kappa shape index (κ2) is 3.01. The van der Waals surface area contributed by atoms with Crippen molar-refractivity contribution >= 4 is 23.8 Å². The van der Waals surface area contributed by atoms with Crippen molar-refractivity contribution in [1.29, 1.82) is 0 Å². The van der Waals surface area contributed by atoms with Crippen LogP contribution in [0.5, 0.6) is 0 Å². The lowest BCUT2D eigenvalue weighted by Crippen LogP contribution is -1.89. The summed E-state index contributed by atoms with van der Waals surface area (Å²) in [5, 5.41) is 3.25. The topological polar surface area (TPSA) is 46.8 Å². The van der Waals surface area contributed by atoms with Gasteiger partial charge in [0, 0.05) is 7.05 Å². The van der Waals surface area contributed by atoms with Crippen LogP contribution in [-0.2, 0) is 7.05 Å². The highest BCUT2D eigenvalue weighted by Gasteiger charge is 2.09. The molecule has 13 heavy (non-hydrogen) atoms. The minimum atomic E-state index is 0.310. The van der Waals surface area contributed by atoms with E-state index in [-0.39, 0.29) is 0 Å². The molecule has 0 spiro atoms. The van der Waals surface area contributed by atoms with Crippen LogP contribution in [0.25, 0.3) is 11.4 Å². The molecule has 0 aliphatic carbocycles. The van der Waals surface area contributed by atoms with E-state index in [0.29, 0.717) is 21.4 Å². The van der Waals surface area contributed by atoms with Crippen LogP contribution in [0.2, 0.25) is 5.22 Å². The lowest BCUT2D eigenvalue weighted by molar-refractivity contribution is 0.570. The first-order valence-corrected chi connectivity index (χ1v) is 4.33. The molecule has 6 heteroatoms. The third kappa shape index (κ3) is 1.40. The highest BCUT2D eigenvalue weighted by atomic mass is 35.5. The summed E-state index contributed by atoms with van der Waals surface area (Å²) in [6, 6.07) is 1.73. The molecule has 0 unspecified atom stereocenters. The molecule has 4 nitrogen and oxygen atoms in total. The van der Waals surface area contributed by atoms with E-state index in [0.717, 1.165) is 0 Å². The summed E-state index contributed by atoms with van der Waals surface area (Å²) < 4.78 is 7.04. The minimum absolute atomic E-state index is 0.310. The first kappa shape index (κ1) is 8.52. The van der Waals surface area contributed by atoms with Gasteiger partial charge >= 0.3 is 0 Å². The van der Waals surface area contributed by atoms with Gasteiger partial charge in [0.25, 0.3) is 0 Å². The first-order valence-electron chi connectivity index (χ1n) is 3.55. The Balaban J connectivity index is 2.59. The number of hydrogen-bond acceptors (Lipinski definition) is 3. The van der Waals surface area contributed by atoms with Crippen molar-refractivity contribution < 1.29 is 4.42 Å². The van der Waals surface area contributed by atoms with Crippen molar-refractivity contribution in [1.82, 2.24) is 14.8 Å². The normalized spacial score (nSPS) is 10.6. The zero-order valence-corrected chi connectivity index (χ0v) is 8.32. The molecule has 0 aliphatic rings. The van der Waals surface area contributed by atoms with Crippen LogP contribution < -0.4 is 0 Å². The minimum Gasteiger partial charge on any atom is -0.452 e. The van der Waals surface area contributed by atoms with Crippen LogP contribution >= 0.6 is 23.8 Å². The third-order valence-corrected chi connectivity index (χ3v) is 2.30. The molecule has 0 bridgehead atoms. The number of aryl methyl sites for hydroxylation is 1. The molecule has 0 aliphatic heterocycles. The maximum atomic E-state index is 5.77. The largest absolute Gasteiger partial charge is 0.452 e. The highest BCUT2D eigenvalue weighted by molar-refractivity contribution is 7.71. The molecule has 2 heterocycles. The van der Waals surface area contributed by atoms with Crippen molar-refractivity contribution in [3.8, 4) is 11.4 Å². The zero-order valence-electron chi connectivity index (χ0n) is 6.74. The van der Waals surface area contributed by atoms with E-state index in [1.54, 1.807) is 17.8 Å². The van der Waals surface area contributed by atoms with Crippen molar-refractivity contribution in [3.05, 3.63) is 22.3 Å². The quantitative estimate of drug-likeness (QED) is 0.743. The fourth-order valence-corrected chi connectivity index (χ4v) is 1.33. The summed E-state index contributed by atoms with van der Waals surface area (Å²) >= 11 is 10.7. The van der Waals surface area contributed by atoms with E-state index in [2.05, 4.69) is 10.1 Å². The van der Waals surface area contributed by atoms with Gasteiger partial charge in [-0.2, -0.15) is 4.98 Å². The Kier molecular flexibility index (Phi) is 1.97. The molecular formula is C7H6ClN3OS. The van der Waals surface area contributed by atoms with Crippen LogP contribution in [0.4, 0.5) is 0 Å². The third-order valence-electron chi connectivity index (χ3n) is 1.64. The van der Waals surface area contributed by atoms with E-state index in [9.17, 15) is 0 Å². The Bertz CT molecular complexity index is 484. The van der Waals surface area contributed by atoms with Gasteiger partial charge in [-0.1, -0.05) is 0 Å². The molecule has 1 N–H and O–H groups in total. The second-order valence-corrected chi connectivity index (χ2v) is 3.23. The molecule has 68 valence electrons. The number of furan rings is 1. The predicted molar refractivity (Wildman–Crippen MR) is 51.1 cm³/mol. The van der Waals surface area contributed by atoms with E-state index in [1.807, 2.05) is 0 Å². The van der Waals surface area contributed by atoms with Gasteiger partial charge in [0.1, 0.15) is 0 Å². The fourth-order valence-electron chi connectivity index (χ4n) is 0.986. The number of aromatic nitrogens is 3. The van der Waals surface area contributed by atoms with Crippen LogP contribution in [0, 0.1) is 4.77 Å². The van der Waals surface area contributed by atoms with Gasteiger partial charge in [-0.15, -0.1) is 0 Å². The Hall–Kier alpha value is -1.07. The summed E-state index contributed by atoms with van der Waals surface area (Å²) in [5.74, 6) is 0.617. The summed E-state index contributed by atoms with van der Waals surface area (Å²) in [6.45, 7) is 0. The van der Waals surface area contributed by atoms with Crippen LogP contribution in [0.3, 0.4) is 0 Å². The standard InChI is InChI=1S/C7H6ClN3OS/c1-11-7(13)9-6(10-11)4-2-3-12-5(4)8/h2-3H,1H3,(H,9,10,13). The molecule has 0 radical (unpaired) electrons. The molecule has 2 rings (SSSR count). The molecule has 0 fully saturated rings. The molecule has 0 saturated carbocycles. The molecular weight excluding hydrogens is 210 g/mol. The van der Waals surface area contributed by atoms with Gasteiger partial charge in [-0.05, 0) is 29.9 Å². The van der Waals surface area contributed by atoms with Gasteiger partial charge in [-0.25, -0.2) is 0 Å². The number of aromatic amines is 1. The Morgan fingerprint density at radius 3 is 2.92 bits per heavy atom. The Labute approximate surface area is 84.1 Å². The summed E-state index contributed by atoms with van der Waals surface area (Å²) in [5.41, 5.74) is 0.716. The number of nitrogens with one attached hydrogen (secondary N) is 1. The number of halogens is 1. The molecule has 0 aromatic carbocycles. The zero-order chi connectivity index (χ0) is 9.42. The van der Waals surface area contributed by atoms with E-state index >= 15 is 0 Å². The molecule has 0 atom stereocenters. The van der Waals surface area contributed by atoms with Crippen molar-refractivity contribution in [2.45, 2.75) is 0 Å². The van der Waals surface area contributed by atoms with Crippen molar-refractivity contribution in [2.24, 2.45) is 7.05 Å². The van der Waals surface area contributed by atoms with Crippen LogP contribution in [-0.4, -0.2) is 14.8 Å². The Morgan fingerprint density at radius 2 is 2.46 bits per heavy atom. The molecule has 2 aromatic rings. The maximum absolute atomic E-state index is 5.77. The van der Waals surface area contributed by atoms with Gasteiger partial charge in [0.05, 0.1) is 11.8 Å². The van der Waals surface area contributed by atoms with Crippen molar-refractivity contribution in [2.75, 3.05) is 0 Å². The highest BCUT2D eigenvalue weighted by Crippen LogP contribution is 2.25. The summed E-state index contributed by atoms with van der Waals surface area (Å²) in [7, 11) is 1.78. The average molecular weight is 216 g/mol. The maximum Gasteiger partial charge on any atom is 0.216 e. The Morgan fingerprint density at radius 1 is 1.69 bits per heavy atom. The number of H-pyrrole nitrogens is 1. The predicted octanol–water partition coefficient (Wildman–Crippen LogP) is 2.39. The van der Waals surface area contributed by atoms with Gasteiger partial charge < -0.3 is 4.42 Å². The molecule has 0 saturated heterocycles. The molecule has 2 aromatic heterocycles. The number of hydrogen-bond donors (Lipinski definition) is 1. The van der Waals surface area contributed by atoms with E-state index in [1.165, 1.54) is 6.26 Å². The molecule has 0 amide bonds. The lowest BCUT2D eigenvalue weighted by atomic mass is 10.3. The van der Waals surface area contributed by atoms with Gasteiger partial charge in [-0.3, -0.25) is 9.78 Å². The van der Waals surface area contributed by atoms with Crippen LogP contribution in [0.15, 0.2) is 16.7 Å². The fraction of sp³-hybridized carbons (Fsp3) is 0.143.